The second kappa shape index (κ2) is 10.9. The number of anilines is 1. The molecule has 2 bridgehead atoms. The lowest BCUT2D eigenvalue weighted by molar-refractivity contribution is -0.154. The first-order chi connectivity index (χ1) is 22.2. The van der Waals surface area contributed by atoms with E-state index in [9.17, 15) is 17.6 Å². The van der Waals surface area contributed by atoms with Crippen LogP contribution in [0, 0.1) is 30.5 Å². The number of fused-ring (bicyclic) bond motifs is 5. The Hall–Kier alpha value is -4.32. The van der Waals surface area contributed by atoms with Crippen molar-refractivity contribution in [3.63, 3.8) is 0 Å². The van der Waals surface area contributed by atoms with Crippen molar-refractivity contribution < 1.29 is 22.3 Å². The van der Waals surface area contributed by atoms with E-state index < -0.39 is 15.8 Å². The average Bonchev–Trinajstić information content (AvgIpc) is 3.68. The van der Waals surface area contributed by atoms with Gasteiger partial charge in [-0.3, -0.25) is 4.79 Å². The molecule has 9 rings (SSSR count). The van der Waals surface area contributed by atoms with Crippen molar-refractivity contribution in [3.05, 3.63) is 71.9 Å². The number of rotatable bonds is 8. The molecule has 0 radical (unpaired) electrons. The van der Waals surface area contributed by atoms with Crippen LogP contribution in [0.2, 0.25) is 0 Å². The van der Waals surface area contributed by atoms with Gasteiger partial charge in [-0.05, 0) is 94.5 Å². The number of hydrogen-bond acceptors (Lipinski definition) is 8. The number of nitrogens with one attached hydrogen (secondary N) is 1. The van der Waals surface area contributed by atoms with E-state index in [-0.39, 0.29) is 51.5 Å². The van der Waals surface area contributed by atoms with Crippen LogP contribution in [0.15, 0.2) is 59.8 Å². The molecule has 0 spiro atoms. The molecule has 5 aromatic rings. The molecule has 4 heterocycles. The Morgan fingerprint density at radius 1 is 1.04 bits per heavy atom. The molecule has 4 fully saturated rings. The molecular formula is C34H35FN6O4S. The molecule has 0 saturated heterocycles. The zero-order valence-corrected chi connectivity index (χ0v) is 26.5. The number of halogens is 1. The van der Waals surface area contributed by atoms with Gasteiger partial charge in [-0.2, -0.15) is 0 Å². The first kappa shape index (κ1) is 29.1. The lowest BCUT2D eigenvalue weighted by Crippen LogP contribution is -2.52. The number of pyridine rings is 1. The second-order valence-electron chi connectivity index (χ2n) is 12.9. The fraction of sp³-hybridized carbons (Fsp3) is 0.412. The highest BCUT2D eigenvalue weighted by molar-refractivity contribution is 7.90. The van der Waals surface area contributed by atoms with Gasteiger partial charge >= 0.3 is 5.97 Å². The molecular weight excluding hydrogens is 607 g/mol. The lowest BCUT2D eigenvalue weighted by atomic mass is 9.61. The third-order valence-corrected chi connectivity index (χ3v) is 11.7. The summed E-state index contributed by atoms with van der Waals surface area (Å²) in [6, 6.07) is 11.7. The smallest absolute Gasteiger partial charge is 0.311 e. The monoisotopic (exact) mass is 642 g/mol. The Morgan fingerprint density at radius 3 is 2.50 bits per heavy atom. The van der Waals surface area contributed by atoms with Gasteiger partial charge in [0.2, 0.25) is 0 Å². The number of benzene rings is 1. The minimum Gasteiger partial charge on any atom is -0.466 e. The highest BCUT2D eigenvalue weighted by Gasteiger charge is 2.48. The van der Waals surface area contributed by atoms with Crippen LogP contribution in [0.5, 0.6) is 0 Å². The van der Waals surface area contributed by atoms with Crippen molar-refractivity contribution in [1.29, 1.82) is 0 Å². The molecule has 1 N–H and O–H groups in total. The van der Waals surface area contributed by atoms with Crippen LogP contribution in [0.1, 0.15) is 62.6 Å². The van der Waals surface area contributed by atoms with Gasteiger partial charge < -0.3 is 10.1 Å². The molecule has 4 saturated carbocycles. The van der Waals surface area contributed by atoms with Crippen LogP contribution in [0.3, 0.4) is 0 Å². The molecule has 12 heteroatoms. The molecule has 10 nitrogen and oxygen atoms in total. The van der Waals surface area contributed by atoms with E-state index in [4.69, 9.17) is 14.8 Å². The fourth-order valence-corrected chi connectivity index (χ4v) is 8.88. The Kier molecular flexibility index (Phi) is 6.89. The summed E-state index contributed by atoms with van der Waals surface area (Å²) in [7, 11) is -4.08. The number of aryl methyl sites for hydroxylation is 1. The Morgan fingerprint density at radius 2 is 1.78 bits per heavy atom. The van der Waals surface area contributed by atoms with Gasteiger partial charge in [-0.1, -0.05) is 17.7 Å². The molecule has 238 valence electrons. The summed E-state index contributed by atoms with van der Waals surface area (Å²) in [6.07, 6.45) is 8.59. The number of esters is 1. The van der Waals surface area contributed by atoms with Crippen molar-refractivity contribution in [2.75, 3.05) is 11.9 Å². The minimum atomic E-state index is -4.08. The minimum absolute atomic E-state index is 0.0806. The maximum Gasteiger partial charge on any atom is 0.311 e. The van der Waals surface area contributed by atoms with Crippen LogP contribution >= 0.6 is 0 Å². The molecule has 2 unspecified atom stereocenters. The van der Waals surface area contributed by atoms with Crippen molar-refractivity contribution in [1.82, 2.24) is 23.6 Å². The number of nitrogens with zero attached hydrogens (tertiary/aromatic N) is 5. The largest absolute Gasteiger partial charge is 0.466 e. The SMILES string of the molecule is CCOC(=O)C1C2CCC(CC2)C1Nc1nc(-c2cn(S(=O)(=O)c3ccc(C)cc3)c3ncc(F)cc23)nn2c(C3CC3)ccc12. The fourth-order valence-electron chi connectivity index (χ4n) is 7.56. The van der Waals surface area contributed by atoms with Gasteiger partial charge in [0.1, 0.15) is 11.3 Å². The van der Waals surface area contributed by atoms with Crippen LogP contribution in [0.25, 0.3) is 27.9 Å². The van der Waals surface area contributed by atoms with Crippen molar-refractivity contribution >= 4 is 38.4 Å². The number of aromatic nitrogens is 5. The predicted molar refractivity (Wildman–Crippen MR) is 170 cm³/mol. The van der Waals surface area contributed by atoms with Crippen LogP contribution in [-0.4, -0.2) is 50.6 Å². The van der Waals surface area contributed by atoms with E-state index in [0.717, 1.165) is 65.5 Å². The zero-order valence-electron chi connectivity index (χ0n) is 25.7. The summed E-state index contributed by atoms with van der Waals surface area (Å²) in [6.45, 7) is 4.04. The number of carbonyl (C=O) groups is 1. The van der Waals surface area contributed by atoms with E-state index in [1.54, 1.807) is 24.3 Å². The van der Waals surface area contributed by atoms with E-state index in [0.29, 0.717) is 23.9 Å². The summed E-state index contributed by atoms with van der Waals surface area (Å²) < 4.78 is 51.0. The normalized spacial score (nSPS) is 22.8. The van der Waals surface area contributed by atoms with Gasteiger partial charge in [0.25, 0.3) is 10.0 Å². The van der Waals surface area contributed by atoms with Crippen LogP contribution in [-0.2, 0) is 19.6 Å². The maximum absolute atomic E-state index is 14.7. The summed E-state index contributed by atoms with van der Waals surface area (Å²) >= 11 is 0. The van der Waals surface area contributed by atoms with Gasteiger partial charge in [0.05, 0.1) is 23.6 Å². The Balaban J connectivity index is 1.30. The Labute approximate surface area is 266 Å². The highest BCUT2D eigenvalue weighted by Crippen LogP contribution is 2.47. The molecule has 4 aromatic heterocycles. The lowest BCUT2D eigenvalue weighted by Gasteiger charge is -2.47. The molecule has 4 aliphatic carbocycles. The highest BCUT2D eigenvalue weighted by atomic mass is 32.2. The first-order valence-corrected chi connectivity index (χ1v) is 17.5. The second-order valence-corrected chi connectivity index (χ2v) is 14.7. The summed E-state index contributed by atoms with van der Waals surface area (Å²) in [4.78, 5) is 22.5. The standard InChI is InChI=1S/C34H35FN6O4S/c1-3-45-34(42)29-21-8-10-22(11-9-21)30(29)37-32-28-15-14-27(20-6-7-20)41(28)39-31(38-32)26-18-40(33-25(26)16-23(35)17-36-33)46(43,44)24-12-4-19(2)5-13-24/h4-5,12-18,20-22,29-30H,3,6-11H2,1-2H3,(H,37,38,39). The molecule has 2 atom stereocenters. The molecule has 0 amide bonds. The van der Waals surface area contributed by atoms with Gasteiger partial charge in [0.15, 0.2) is 17.3 Å². The number of hydrogen-bond donors (Lipinski definition) is 1. The van der Waals surface area contributed by atoms with Gasteiger partial charge in [-0.25, -0.2) is 31.3 Å². The topological polar surface area (TPSA) is 120 Å². The van der Waals surface area contributed by atoms with E-state index >= 15 is 0 Å². The maximum atomic E-state index is 14.7. The van der Waals surface area contributed by atoms with E-state index in [1.807, 2.05) is 24.4 Å². The molecule has 0 aliphatic heterocycles. The van der Waals surface area contributed by atoms with Crippen molar-refractivity contribution in [2.24, 2.45) is 17.8 Å². The van der Waals surface area contributed by atoms with E-state index in [2.05, 4.69) is 16.4 Å². The van der Waals surface area contributed by atoms with E-state index in [1.165, 1.54) is 12.3 Å². The molecule has 1 aromatic carbocycles. The van der Waals surface area contributed by atoms with Gasteiger partial charge in [0, 0.05) is 34.8 Å². The van der Waals surface area contributed by atoms with Crippen molar-refractivity contribution in [2.45, 2.75) is 69.2 Å². The predicted octanol–water partition coefficient (Wildman–Crippen LogP) is 6.09. The van der Waals surface area contributed by atoms with Gasteiger partial charge in [-0.15, -0.1) is 5.10 Å². The number of carbonyl (C=O) groups excluding carboxylic acids is 1. The third kappa shape index (κ3) is 4.76. The first-order valence-electron chi connectivity index (χ1n) is 16.0. The quantitative estimate of drug-likeness (QED) is 0.202. The van der Waals surface area contributed by atoms with Crippen LogP contribution < -0.4 is 5.32 Å². The summed E-state index contributed by atoms with van der Waals surface area (Å²) in [5, 5.41) is 8.87. The van der Waals surface area contributed by atoms with Crippen molar-refractivity contribution in [3.8, 4) is 11.4 Å². The third-order valence-electron chi connectivity index (χ3n) is 10.0. The number of ether oxygens (including phenoxy) is 1. The average molecular weight is 643 g/mol. The van der Waals surface area contributed by atoms with Crippen LogP contribution in [0.4, 0.5) is 10.2 Å². The molecule has 46 heavy (non-hydrogen) atoms. The summed E-state index contributed by atoms with van der Waals surface area (Å²) in [5.74, 6) is 0.602. The summed E-state index contributed by atoms with van der Waals surface area (Å²) in [5.41, 5.74) is 3.15. The Bertz CT molecular complexity index is 2100. The zero-order chi connectivity index (χ0) is 31.7. The molecule has 4 aliphatic rings.